The molecule has 0 saturated heterocycles. The zero-order valence-corrected chi connectivity index (χ0v) is 14.1. The number of rotatable bonds is 4. The van der Waals surface area contributed by atoms with E-state index in [9.17, 15) is 4.79 Å². The Morgan fingerprint density at radius 1 is 0.962 bits per heavy atom. The normalized spacial score (nSPS) is 10.7. The summed E-state index contributed by atoms with van der Waals surface area (Å²) in [5, 5.41) is 6.89. The van der Waals surface area contributed by atoms with Gasteiger partial charge in [0, 0.05) is 30.1 Å². The summed E-state index contributed by atoms with van der Waals surface area (Å²) in [7, 11) is 1.83. The number of aromatic nitrogens is 3. The lowest BCUT2D eigenvalue weighted by molar-refractivity contribution is 0.101. The molecule has 0 saturated carbocycles. The van der Waals surface area contributed by atoms with Gasteiger partial charge in [-0.3, -0.25) is 4.79 Å². The maximum absolute atomic E-state index is 12.2. The number of anilines is 1. The summed E-state index contributed by atoms with van der Waals surface area (Å²) < 4.78 is 7.12. The number of nitrogens with one attached hydrogen (secondary N) is 1. The second kappa shape index (κ2) is 6.68. The summed E-state index contributed by atoms with van der Waals surface area (Å²) in [6.07, 6.45) is 1.83. The van der Waals surface area contributed by atoms with Crippen molar-refractivity contribution >= 4 is 11.6 Å². The van der Waals surface area contributed by atoms with Crippen molar-refractivity contribution in [1.82, 2.24) is 14.7 Å². The van der Waals surface area contributed by atoms with Crippen LogP contribution in [0.2, 0.25) is 0 Å². The molecule has 4 rings (SSSR count). The van der Waals surface area contributed by atoms with Crippen LogP contribution < -0.4 is 5.32 Å². The molecule has 2 aromatic heterocycles. The number of benzene rings is 2. The van der Waals surface area contributed by atoms with Gasteiger partial charge in [0.1, 0.15) is 5.69 Å². The predicted octanol–water partition coefficient (Wildman–Crippen LogP) is 3.99. The summed E-state index contributed by atoms with van der Waals surface area (Å²) in [5.74, 6) is 0.820. The van der Waals surface area contributed by atoms with Gasteiger partial charge in [-0.2, -0.15) is 4.98 Å². The molecular formula is C20H16N4O2. The molecule has 0 unspecified atom stereocenters. The van der Waals surface area contributed by atoms with E-state index in [1.165, 1.54) is 0 Å². The lowest BCUT2D eigenvalue weighted by Crippen LogP contribution is -2.15. The fourth-order valence-electron chi connectivity index (χ4n) is 2.63. The number of aryl methyl sites for hydroxylation is 1. The van der Waals surface area contributed by atoms with Crippen LogP contribution in [0.3, 0.4) is 0 Å². The summed E-state index contributed by atoms with van der Waals surface area (Å²) >= 11 is 0. The molecule has 6 heteroatoms. The third kappa shape index (κ3) is 3.12. The molecule has 0 fully saturated rings. The number of nitrogens with zero attached hydrogens (tertiary/aromatic N) is 3. The minimum atomic E-state index is -0.158. The van der Waals surface area contributed by atoms with Gasteiger partial charge in [0.05, 0.1) is 0 Å². The Bertz CT molecular complexity index is 1030. The molecule has 2 aromatic carbocycles. The van der Waals surface area contributed by atoms with Crippen LogP contribution in [-0.2, 0) is 7.05 Å². The Balaban J connectivity index is 1.51. The Kier molecular flexibility index (Phi) is 4.07. The van der Waals surface area contributed by atoms with Crippen LogP contribution >= 0.6 is 0 Å². The van der Waals surface area contributed by atoms with Crippen molar-refractivity contribution in [2.24, 2.45) is 7.05 Å². The Morgan fingerprint density at radius 3 is 2.42 bits per heavy atom. The standard InChI is InChI=1S/C20H16N4O2/c1-24-13-5-8-17(24)19(25)21-16-11-9-15(10-12-16)20-22-18(23-26-20)14-6-3-2-4-7-14/h2-13H,1H3,(H,21,25). The largest absolute Gasteiger partial charge is 0.347 e. The van der Waals surface area contributed by atoms with Gasteiger partial charge in [0.25, 0.3) is 11.8 Å². The number of hydrogen-bond donors (Lipinski definition) is 1. The van der Waals surface area contributed by atoms with E-state index in [0.717, 1.165) is 11.1 Å². The van der Waals surface area contributed by atoms with Crippen LogP contribution in [-0.4, -0.2) is 20.6 Å². The van der Waals surface area contributed by atoms with E-state index >= 15 is 0 Å². The van der Waals surface area contributed by atoms with E-state index in [-0.39, 0.29) is 5.91 Å². The molecule has 0 atom stereocenters. The van der Waals surface area contributed by atoms with E-state index in [1.54, 1.807) is 10.6 Å². The Labute approximate surface area is 150 Å². The minimum absolute atomic E-state index is 0.158. The summed E-state index contributed by atoms with van der Waals surface area (Å²) in [6.45, 7) is 0. The Morgan fingerprint density at radius 2 is 1.73 bits per heavy atom. The monoisotopic (exact) mass is 344 g/mol. The van der Waals surface area contributed by atoms with Crippen molar-refractivity contribution in [3.8, 4) is 22.8 Å². The zero-order valence-electron chi connectivity index (χ0n) is 14.1. The van der Waals surface area contributed by atoms with Crippen LogP contribution in [0.4, 0.5) is 5.69 Å². The third-order valence-corrected chi connectivity index (χ3v) is 4.02. The number of carbonyl (C=O) groups excluding carboxylic acids is 1. The average molecular weight is 344 g/mol. The molecule has 0 spiro atoms. The third-order valence-electron chi connectivity index (χ3n) is 4.02. The SMILES string of the molecule is Cn1cccc1C(=O)Nc1ccc(-c2nc(-c3ccccc3)no2)cc1. The number of amides is 1. The van der Waals surface area contributed by atoms with Gasteiger partial charge >= 0.3 is 0 Å². The molecule has 1 N–H and O–H groups in total. The van der Waals surface area contributed by atoms with Crippen LogP contribution in [0.15, 0.2) is 77.4 Å². The molecule has 0 aliphatic carbocycles. The lowest BCUT2D eigenvalue weighted by atomic mass is 10.2. The number of hydrogen-bond acceptors (Lipinski definition) is 4. The van der Waals surface area contributed by atoms with Crippen LogP contribution in [0.25, 0.3) is 22.8 Å². The van der Waals surface area contributed by atoms with Gasteiger partial charge in [-0.1, -0.05) is 35.5 Å². The van der Waals surface area contributed by atoms with Crippen molar-refractivity contribution in [2.45, 2.75) is 0 Å². The van der Waals surface area contributed by atoms with Gasteiger partial charge in [0.15, 0.2) is 0 Å². The highest BCUT2D eigenvalue weighted by atomic mass is 16.5. The van der Waals surface area contributed by atoms with E-state index in [0.29, 0.717) is 23.1 Å². The van der Waals surface area contributed by atoms with E-state index in [2.05, 4.69) is 15.5 Å². The molecule has 26 heavy (non-hydrogen) atoms. The molecule has 4 aromatic rings. The van der Waals surface area contributed by atoms with Gasteiger partial charge < -0.3 is 14.4 Å². The van der Waals surface area contributed by atoms with Crippen LogP contribution in [0, 0.1) is 0 Å². The van der Waals surface area contributed by atoms with Crippen molar-refractivity contribution in [3.05, 3.63) is 78.6 Å². The quantitative estimate of drug-likeness (QED) is 0.607. The van der Waals surface area contributed by atoms with Crippen LogP contribution in [0.1, 0.15) is 10.5 Å². The highest BCUT2D eigenvalue weighted by Gasteiger charge is 2.12. The predicted molar refractivity (Wildman–Crippen MR) is 98.5 cm³/mol. The first-order chi connectivity index (χ1) is 12.7. The maximum Gasteiger partial charge on any atom is 0.272 e. The zero-order chi connectivity index (χ0) is 17.9. The lowest BCUT2D eigenvalue weighted by Gasteiger charge is -2.06. The summed E-state index contributed by atoms with van der Waals surface area (Å²) in [5.41, 5.74) is 2.98. The molecule has 0 aliphatic rings. The fraction of sp³-hybridized carbons (Fsp3) is 0.0500. The summed E-state index contributed by atoms with van der Waals surface area (Å²) in [4.78, 5) is 16.7. The van der Waals surface area contributed by atoms with E-state index in [4.69, 9.17) is 4.52 Å². The first-order valence-corrected chi connectivity index (χ1v) is 8.13. The number of carbonyl (C=O) groups is 1. The smallest absolute Gasteiger partial charge is 0.272 e. The molecular weight excluding hydrogens is 328 g/mol. The second-order valence-electron chi connectivity index (χ2n) is 5.82. The van der Waals surface area contributed by atoms with Crippen molar-refractivity contribution in [3.63, 3.8) is 0 Å². The molecule has 6 nitrogen and oxygen atoms in total. The van der Waals surface area contributed by atoms with Gasteiger partial charge in [-0.25, -0.2) is 0 Å². The molecule has 1 amide bonds. The first kappa shape index (κ1) is 15.8. The minimum Gasteiger partial charge on any atom is -0.347 e. The molecule has 2 heterocycles. The maximum atomic E-state index is 12.2. The average Bonchev–Trinajstić information content (AvgIpc) is 3.32. The molecule has 0 aliphatic heterocycles. The van der Waals surface area contributed by atoms with Crippen molar-refractivity contribution in [1.29, 1.82) is 0 Å². The van der Waals surface area contributed by atoms with Crippen LogP contribution in [0.5, 0.6) is 0 Å². The van der Waals surface area contributed by atoms with Gasteiger partial charge in [-0.05, 0) is 36.4 Å². The summed E-state index contributed by atoms with van der Waals surface area (Å²) in [6, 6.07) is 20.5. The van der Waals surface area contributed by atoms with Gasteiger partial charge in [-0.15, -0.1) is 0 Å². The van der Waals surface area contributed by atoms with E-state index < -0.39 is 0 Å². The Hall–Kier alpha value is -3.67. The fourth-order valence-corrected chi connectivity index (χ4v) is 2.63. The second-order valence-corrected chi connectivity index (χ2v) is 5.82. The van der Waals surface area contributed by atoms with Gasteiger partial charge in [0.2, 0.25) is 5.82 Å². The molecule has 128 valence electrons. The first-order valence-electron chi connectivity index (χ1n) is 8.13. The van der Waals surface area contributed by atoms with Crippen molar-refractivity contribution in [2.75, 3.05) is 5.32 Å². The van der Waals surface area contributed by atoms with E-state index in [1.807, 2.05) is 73.9 Å². The van der Waals surface area contributed by atoms with Crippen molar-refractivity contribution < 1.29 is 9.32 Å². The highest BCUT2D eigenvalue weighted by molar-refractivity contribution is 6.03. The molecule has 0 radical (unpaired) electrons. The highest BCUT2D eigenvalue weighted by Crippen LogP contribution is 2.23. The topological polar surface area (TPSA) is 73.0 Å². The molecule has 0 bridgehead atoms.